The second-order valence-corrected chi connectivity index (χ2v) is 8.96. The van der Waals surface area contributed by atoms with Gasteiger partial charge in [-0.3, -0.25) is 4.79 Å². The van der Waals surface area contributed by atoms with Crippen molar-refractivity contribution in [1.29, 1.82) is 0 Å². The molecule has 1 aromatic rings. The predicted molar refractivity (Wildman–Crippen MR) is 103 cm³/mol. The van der Waals surface area contributed by atoms with Crippen LogP contribution in [0.15, 0.2) is 12.4 Å². The first kappa shape index (κ1) is 22.3. The van der Waals surface area contributed by atoms with Crippen LogP contribution in [-0.2, 0) is 15.7 Å². The second-order valence-electron chi connectivity index (χ2n) is 8.96. The van der Waals surface area contributed by atoms with E-state index in [0.717, 1.165) is 12.4 Å². The van der Waals surface area contributed by atoms with Crippen LogP contribution in [0.1, 0.15) is 59.2 Å². The van der Waals surface area contributed by atoms with Gasteiger partial charge in [0.1, 0.15) is 5.60 Å². The van der Waals surface area contributed by atoms with Crippen molar-refractivity contribution in [3.8, 4) is 0 Å². The Bertz CT molecular complexity index is 797. The molecule has 1 atom stereocenters. The largest absolute Gasteiger partial charge is 0.451 e. The average molecular weight is 428 g/mol. The highest BCUT2D eigenvalue weighted by Gasteiger charge is 2.53. The fourth-order valence-electron chi connectivity index (χ4n) is 4.45. The molecule has 2 aliphatic heterocycles. The minimum absolute atomic E-state index is 0.157. The van der Waals surface area contributed by atoms with Gasteiger partial charge in [-0.05, 0) is 40.0 Å². The predicted octanol–water partition coefficient (Wildman–Crippen LogP) is 4.03. The smallest absolute Gasteiger partial charge is 0.444 e. The zero-order chi connectivity index (χ0) is 22.3. The minimum atomic E-state index is -4.63. The van der Waals surface area contributed by atoms with Crippen LogP contribution in [0.5, 0.6) is 0 Å². The van der Waals surface area contributed by atoms with Gasteiger partial charge < -0.3 is 14.5 Å². The van der Waals surface area contributed by atoms with Crippen LogP contribution in [0.2, 0.25) is 0 Å². The summed E-state index contributed by atoms with van der Waals surface area (Å²) in [5.74, 6) is -1.39. The Kier molecular flexibility index (Phi) is 5.72. The van der Waals surface area contributed by atoms with Gasteiger partial charge in [-0.15, -0.1) is 0 Å². The van der Waals surface area contributed by atoms with Crippen molar-refractivity contribution in [2.45, 2.75) is 71.2 Å². The monoisotopic (exact) mass is 428 g/mol. The number of hydrogen-bond acceptors (Lipinski definition) is 5. The van der Waals surface area contributed by atoms with E-state index < -0.39 is 17.6 Å². The normalized spacial score (nSPS) is 22.0. The fraction of sp³-hybridized carbons (Fsp3) is 0.700. The molecule has 2 amide bonds. The van der Waals surface area contributed by atoms with Gasteiger partial charge >= 0.3 is 12.3 Å². The van der Waals surface area contributed by atoms with Gasteiger partial charge in [-0.25, -0.2) is 14.8 Å². The summed E-state index contributed by atoms with van der Waals surface area (Å²) < 4.78 is 43.7. The van der Waals surface area contributed by atoms with Crippen LogP contribution in [-0.4, -0.2) is 51.6 Å². The van der Waals surface area contributed by atoms with E-state index in [-0.39, 0.29) is 35.6 Å². The van der Waals surface area contributed by atoms with E-state index in [9.17, 15) is 22.8 Å². The molecule has 3 heterocycles. The van der Waals surface area contributed by atoms with Crippen molar-refractivity contribution in [3.63, 3.8) is 0 Å². The number of ether oxygens (including phenoxy) is 1. The van der Waals surface area contributed by atoms with E-state index in [1.807, 2.05) is 27.7 Å². The Balaban J connectivity index is 1.76. The first-order valence-corrected chi connectivity index (χ1v) is 10.1. The summed E-state index contributed by atoms with van der Waals surface area (Å²) in [7, 11) is 0. The first-order valence-electron chi connectivity index (χ1n) is 10.1. The number of nitrogens with zero attached hydrogens (tertiary/aromatic N) is 4. The van der Waals surface area contributed by atoms with Crippen molar-refractivity contribution in [3.05, 3.63) is 18.2 Å². The lowest BCUT2D eigenvalue weighted by molar-refractivity contribution is -0.145. The fourth-order valence-corrected chi connectivity index (χ4v) is 4.45. The summed E-state index contributed by atoms with van der Waals surface area (Å²) in [4.78, 5) is 35.2. The van der Waals surface area contributed by atoms with Crippen molar-refractivity contribution in [2.75, 3.05) is 18.0 Å². The molecule has 166 valence electrons. The van der Waals surface area contributed by atoms with E-state index >= 15 is 0 Å². The molecule has 10 heteroatoms. The van der Waals surface area contributed by atoms with Gasteiger partial charge in [0.05, 0.1) is 18.1 Å². The molecule has 1 aromatic heterocycles. The third kappa shape index (κ3) is 4.37. The number of likely N-dealkylation sites (tertiary alicyclic amines) is 1. The lowest BCUT2D eigenvalue weighted by atomic mass is 9.71. The number of halogens is 3. The van der Waals surface area contributed by atoms with Crippen LogP contribution in [0.25, 0.3) is 0 Å². The SMILES string of the molecule is CCC1N(c2cnc(C(F)(F)F)nc2)C(=O)CC12CCN(C(=O)OC(C)(C)C)CC2. The zero-order valence-electron chi connectivity index (χ0n) is 17.6. The highest BCUT2D eigenvalue weighted by Crippen LogP contribution is 2.48. The number of alkyl halides is 3. The first-order chi connectivity index (χ1) is 13.9. The number of anilines is 1. The molecular weight excluding hydrogens is 401 g/mol. The molecule has 1 unspecified atom stereocenters. The van der Waals surface area contributed by atoms with Crippen LogP contribution in [0.3, 0.4) is 0 Å². The standard InChI is InChI=1S/C20H27F3N4O3/c1-5-14-19(6-8-26(9-7-19)17(29)30-18(2,3)4)10-15(28)27(14)13-11-24-16(25-12-13)20(21,22)23/h11-12,14H,5-10H2,1-4H3. The minimum Gasteiger partial charge on any atom is -0.444 e. The number of rotatable bonds is 2. The van der Waals surface area contributed by atoms with Crippen LogP contribution >= 0.6 is 0 Å². The number of aromatic nitrogens is 2. The zero-order valence-corrected chi connectivity index (χ0v) is 17.6. The molecule has 0 aliphatic carbocycles. The molecule has 0 N–H and O–H groups in total. The third-order valence-corrected chi connectivity index (χ3v) is 5.76. The number of hydrogen-bond donors (Lipinski definition) is 0. The van der Waals surface area contributed by atoms with Gasteiger partial charge in [0.25, 0.3) is 0 Å². The molecule has 3 rings (SSSR count). The van der Waals surface area contributed by atoms with Gasteiger partial charge in [0.2, 0.25) is 11.7 Å². The quantitative estimate of drug-likeness (QED) is 0.711. The number of carbonyl (C=O) groups excluding carboxylic acids is 2. The summed E-state index contributed by atoms with van der Waals surface area (Å²) in [6, 6.07) is -0.189. The number of amides is 2. The molecule has 1 spiro atoms. The Labute approximate surface area is 173 Å². The lowest BCUT2D eigenvalue weighted by Gasteiger charge is -2.43. The van der Waals surface area contributed by atoms with Gasteiger partial charge in [0.15, 0.2) is 0 Å². The van der Waals surface area contributed by atoms with Crippen molar-refractivity contribution >= 4 is 17.7 Å². The maximum Gasteiger partial charge on any atom is 0.451 e. The van der Waals surface area contributed by atoms with E-state index in [4.69, 9.17) is 4.74 Å². The maximum atomic E-state index is 12.8. The summed E-state index contributed by atoms with van der Waals surface area (Å²) >= 11 is 0. The van der Waals surface area contributed by atoms with Crippen LogP contribution < -0.4 is 4.90 Å². The van der Waals surface area contributed by atoms with E-state index in [1.54, 1.807) is 4.90 Å². The van der Waals surface area contributed by atoms with Gasteiger partial charge in [-0.1, -0.05) is 6.92 Å². The van der Waals surface area contributed by atoms with Crippen molar-refractivity contribution in [1.82, 2.24) is 14.9 Å². The average Bonchev–Trinajstić information content (AvgIpc) is 2.91. The molecule has 2 saturated heterocycles. The molecular formula is C20H27F3N4O3. The summed E-state index contributed by atoms with van der Waals surface area (Å²) in [6.45, 7) is 8.31. The third-order valence-electron chi connectivity index (χ3n) is 5.76. The molecule has 0 radical (unpaired) electrons. The molecule has 7 nitrogen and oxygen atoms in total. The topological polar surface area (TPSA) is 75.6 Å². The Morgan fingerprint density at radius 1 is 1.20 bits per heavy atom. The Morgan fingerprint density at radius 3 is 2.23 bits per heavy atom. The van der Waals surface area contributed by atoms with Crippen LogP contribution in [0, 0.1) is 5.41 Å². The molecule has 30 heavy (non-hydrogen) atoms. The highest BCUT2D eigenvalue weighted by atomic mass is 19.4. The Hall–Kier alpha value is -2.39. The Morgan fingerprint density at radius 2 is 1.77 bits per heavy atom. The van der Waals surface area contributed by atoms with Crippen molar-refractivity contribution < 1.29 is 27.5 Å². The number of carbonyl (C=O) groups is 2. The molecule has 0 aromatic carbocycles. The second kappa shape index (κ2) is 7.70. The number of piperidine rings is 1. The van der Waals surface area contributed by atoms with Crippen LogP contribution in [0.4, 0.5) is 23.7 Å². The van der Waals surface area contributed by atoms with E-state index in [1.165, 1.54) is 4.90 Å². The summed E-state index contributed by atoms with van der Waals surface area (Å²) in [6.07, 6.45) is -0.719. The van der Waals surface area contributed by atoms with Crippen molar-refractivity contribution in [2.24, 2.45) is 5.41 Å². The molecule has 2 fully saturated rings. The molecule has 0 saturated carbocycles. The highest BCUT2D eigenvalue weighted by molar-refractivity contribution is 5.97. The maximum absolute atomic E-state index is 12.8. The lowest BCUT2D eigenvalue weighted by Crippen LogP contribution is -2.49. The summed E-state index contributed by atoms with van der Waals surface area (Å²) in [5.41, 5.74) is -0.653. The van der Waals surface area contributed by atoms with Gasteiger partial charge in [0, 0.05) is 31.0 Å². The van der Waals surface area contributed by atoms with E-state index in [2.05, 4.69) is 9.97 Å². The molecule has 2 aliphatic rings. The summed E-state index contributed by atoms with van der Waals surface area (Å²) in [5, 5.41) is 0. The van der Waals surface area contributed by atoms with Gasteiger partial charge in [-0.2, -0.15) is 13.2 Å². The van der Waals surface area contributed by atoms with E-state index in [0.29, 0.717) is 32.4 Å². The molecule has 0 bridgehead atoms.